The summed E-state index contributed by atoms with van der Waals surface area (Å²) in [5.41, 5.74) is 4.43. The second kappa shape index (κ2) is 11.9. The molecule has 0 fully saturated rings. The average molecular weight is 518 g/mol. The molecular weight excluding hydrogens is 490 g/mol. The molecule has 0 saturated heterocycles. The summed E-state index contributed by atoms with van der Waals surface area (Å²) in [6, 6.07) is -0.936. The summed E-state index contributed by atoms with van der Waals surface area (Å²) in [7, 11) is 1.54. The number of nitrogen functional groups attached to an aromatic ring is 1. The van der Waals surface area contributed by atoms with E-state index < -0.39 is 41.0 Å². The number of carbonyl (C=O) groups is 4. The predicted molar refractivity (Wildman–Crippen MR) is 131 cm³/mol. The Balaban J connectivity index is 1.50. The highest BCUT2D eigenvalue weighted by atomic mass is 16.4. The molecule has 1 aliphatic heterocycles. The van der Waals surface area contributed by atoms with Gasteiger partial charge in [0.2, 0.25) is 11.9 Å². The lowest BCUT2D eigenvalue weighted by Gasteiger charge is -2.16. The van der Waals surface area contributed by atoms with Crippen LogP contribution >= 0.6 is 0 Å². The number of carboxylic acids is 1. The van der Waals surface area contributed by atoms with Gasteiger partial charge in [0.15, 0.2) is 5.65 Å². The van der Waals surface area contributed by atoms with Crippen LogP contribution < -0.4 is 32.9 Å². The highest BCUT2D eigenvalue weighted by Crippen LogP contribution is 2.11. The van der Waals surface area contributed by atoms with Crippen molar-refractivity contribution in [3.8, 4) is 0 Å². The van der Waals surface area contributed by atoms with Crippen molar-refractivity contribution in [1.82, 2.24) is 35.1 Å². The van der Waals surface area contributed by atoms with Crippen LogP contribution in [0.1, 0.15) is 19.3 Å². The molecule has 3 heterocycles. The van der Waals surface area contributed by atoms with E-state index in [1.54, 1.807) is 0 Å². The van der Waals surface area contributed by atoms with E-state index in [0.29, 0.717) is 12.8 Å². The second-order valence-electron chi connectivity index (χ2n) is 8.08. The van der Waals surface area contributed by atoms with Crippen molar-refractivity contribution in [3.63, 3.8) is 0 Å². The molecule has 3 rings (SSSR count). The number of aromatic amines is 1. The molecule has 1 aliphatic rings. The highest BCUT2D eigenvalue weighted by molar-refractivity contribution is 6.14. The number of carbonyl (C=O) groups excluding carboxylic acids is 3. The van der Waals surface area contributed by atoms with Crippen LogP contribution in [0.4, 0.5) is 11.8 Å². The zero-order chi connectivity index (χ0) is 27.1. The molecule has 0 radical (unpaired) electrons. The van der Waals surface area contributed by atoms with Gasteiger partial charge in [-0.15, -0.1) is 0 Å². The van der Waals surface area contributed by atoms with Gasteiger partial charge in [0.25, 0.3) is 17.4 Å². The van der Waals surface area contributed by atoms with E-state index in [2.05, 4.69) is 30.9 Å². The van der Waals surface area contributed by atoms with Crippen molar-refractivity contribution in [2.45, 2.75) is 31.8 Å². The van der Waals surface area contributed by atoms with E-state index in [-0.39, 0.29) is 55.4 Å². The van der Waals surface area contributed by atoms with E-state index in [9.17, 15) is 33.9 Å². The van der Waals surface area contributed by atoms with Crippen molar-refractivity contribution in [3.05, 3.63) is 33.0 Å². The first-order chi connectivity index (χ1) is 17.6. The smallest absolute Gasteiger partial charge is 0.351 e. The van der Waals surface area contributed by atoms with E-state index in [0.717, 1.165) is 21.6 Å². The summed E-state index contributed by atoms with van der Waals surface area (Å²) in [6.07, 6.45) is 3.32. The van der Waals surface area contributed by atoms with Gasteiger partial charge in [0, 0.05) is 38.8 Å². The Morgan fingerprint density at radius 3 is 2.46 bits per heavy atom. The number of hydrogen-bond donors (Lipinski definition) is 6. The topological polar surface area (TPSA) is 234 Å². The SMILES string of the molecule is CNc1nc2c(c(N)nc(=O)n2CCN[C@@H](CCCCNC(=O)CN2C(=O)C=CC2=O)C(=O)O)c(=O)[nH]1. The molecule has 0 bridgehead atoms. The third-order valence-corrected chi connectivity index (χ3v) is 5.56. The van der Waals surface area contributed by atoms with Crippen LogP contribution in [0.2, 0.25) is 0 Å². The quantitative estimate of drug-likeness (QED) is 0.118. The highest BCUT2D eigenvalue weighted by Gasteiger charge is 2.25. The van der Waals surface area contributed by atoms with Gasteiger partial charge >= 0.3 is 11.7 Å². The summed E-state index contributed by atoms with van der Waals surface area (Å²) in [6.45, 7) is -0.107. The Morgan fingerprint density at radius 2 is 1.81 bits per heavy atom. The summed E-state index contributed by atoms with van der Waals surface area (Å²) in [5.74, 6) is -2.83. The number of amides is 3. The normalized spacial score (nSPS) is 13.8. The number of H-pyrrole nitrogens is 1. The van der Waals surface area contributed by atoms with Crippen molar-refractivity contribution in [2.24, 2.45) is 0 Å². The number of nitrogens with two attached hydrogens (primary N) is 1. The number of unbranched alkanes of at least 4 members (excludes halogenated alkanes) is 1. The number of fused-ring (bicyclic) bond motifs is 1. The van der Waals surface area contributed by atoms with Gasteiger partial charge in [0.05, 0.1) is 0 Å². The largest absolute Gasteiger partial charge is 0.480 e. The van der Waals surface area contributed by atoms with Crippen LogP contribution in [0.15, 0.2) is 21.7 Å². The third kappa shape index (κ3) is 6.54. The molecule has 37 heavy (non-hydrogen) atoms. The fraction of sp³-hybridized carbons (Fsp3) is 0.429. The molecule has 0 aromatic carbocycles. The number of nitrogens with zero attached hydrogens (tertiary/aromatic N) is 4. The lowest BCUT2D eigenvalue weighted by atomic mass is 10.1. The summed E-state index contributed by atoms with van der Waals surface area (Å²) in [5, 5.41) is 17.6. The molecule has 0 spiro atoms. The minimum absolute atomic E-state index is 0.0168. The second-order valence-corrected chi connectivity index (χ2v) is 8.08. The van der Waals surface area contributed by atoms with E-state index in [4.69, 9.17) is 5.73 Å². The lowest BCUT2D eigenvalue weighted by molar-refractivity contribution is -0.141. The van der Waals surface area contributed by atoms with Crippen LogP contribution in [-0.4, -0.2) is 85.9 Å². The fourth-order valence-electron chi connectivity index (χ4n) is 3.67. The Hall–Kier alpha value is -4.60. The van der Waals surface area contributed by atoms with Crippen LogP contribution in [0.25, 0.3) is 11.0 Å². The number of aliphatic carboxylic acids is 1. The number of anilines is 2. The van der Waals surface area contributed by atoms with Crippen LogP contribution in [0.5, 0.6) is 0 Å². The van der Waals surface area contributed by atoms with E-state index >= 15 is 0 Å². The first-order valence-corrected chi connectivity index (χ1v) is 11.4. The van der Waals surface area contributed by atoms with Gasteiger partial charge < -0.3 is 26.8 Å². The van der Waals surface area contributed by atoms with Crippen molar-refractivity contribution in [1.29, 1.82) is 0 Å². The molecular formula is C21H27N9O7. The summed E-state index contributed by atoms with van der Waals surface area (Å²) in [4.78, 5) is 82.4. The van der Waals surface area contributed by atoms with E-state index in [1.807, 2.05) is 0 Å². The zero-order valence-corrected chi connectivity index (χ0v) is 19.9. The number of hydrogen-bond acceptors (Lipinski definition) is 11. The number of imide groups is 1. The standard InChI is InChI=1S/C21H27N9O7/c1-23-20-27-17-15(18(34)28-20)16(22)26-21(37)29(17)9-8-24-11(19(35)36)4-2-3-7-25-12(31)10-30-13(32)5-6-14(30)33/h5-6,11,24H,2-4,7-10H2,1H3,(H,25,31)(H,35,36)(H2,22,26,37)(H2,23,27,28,34)/t11-/m0/s1. The Labute approximate surface area is 208 Å². The molecule has 1 atom stereocenters. The van der Waals surface area contributed by atoms with Gasteiger partial charge in [-0.05, 0) is 19.3 Å². The predicted octanol–water partition coefficient (Wildman–Crippen LogP) is -2.64. The molecule has 3 amide bonds. The Kier molecular flexibility index (Phi) is 8.68. The Morgan fingerprint density at radius 1 is 1.11 bits per heavy atom. The average Bonchev–Trinajstić information content (AvgIpc) is 3.15. The first-order valence-electron chi connectivity index (χ1n) is 11.4. The monoisotopic (exact) mass is 517 g/mol. The number of nitrogens with one attached hydrogen (secondary N) is 4. The molecule has 16 heteroatoms. The molecule has 0 unspecified atom stereocenters. The van der Waals surface area contributed by atoms with Crippen molar-refractivity contribution in [2.75, 3.05) is 37.7 Å². The number of aromatic nitrogens is 4. The molecule has 2 aromatic heterocycles. The number of rotatable bonds is 13. The zero-order valence-electron chi connectivity index (χ0n) is 19.9. The molecule has 2 aromatic rings. The van der Waals surface area contributed by atoms with Crippen LogP contribution in [0, 0.1) is 0 Å². The molecule has 198 valence electrons. The molecule has 7 N–H and O–H groups in total. The van der Waals surface area contributed by atoms with Crippen LogP contribution in [0.3, 0.4) is 0 Å². The van der Waals surface area contributed by atoms with Gasteiger partial charge in [-0.3, -0.25) is 38.4 Å². The first kappa shape index (κ1) is 27.0. The summed E-state index contributed by atoms with van der Waals surface area (Å²) < 4.78 is 1.13. The maximum atomic E-state index is 12.4. The minimum Gasteiger partial charge on any atom is -0.480 e. The molecule has 0 saturated carbocycles. The van der Waals surface area contributed by atoms with Crippen LogP contribution in [-0.2, 0) is 25.7 Å². The van der Waals surface area contributed by atoms with E-state index in [1.165, 1.54) is 7.05 Å². The molecule has 0 aliphatic carbocycles. The fourth-order valence-corrected chi connectivity index (χ4v) is 3.67. The maximum absolute atomic E-state index is 12.4. The van der Waals surface area contributed by atoms with Gasteiger partial charge in [-0.25, -0.2) is 4.79 Å². The Bertz CT molecular complexity index is 1350. The van der Waals surface area contributed by atoms with Gasteiger partial charge in [-0.1, -0.05) is 0 Å². The summed E-state index contributed by atoms with van der Waals surface area (Å²) >= 11 is 0. The van der Waals surface area contributed by atoms with Crippen molar-refractivity contribution >= 4 is 46.5 Å². The minimum atomic E-state index is -1.10. The van der Waals surface area contributed by atoms with Gasteiger partial charge in [0.1, 0.15) is 23.8 Å². The van der Waals surface area contributed by atoms with Crippen molar-refractivity contribution < 1.29 is 24.3 Å². The maximum Gasteiger partial charge on any atom is 0.351 e. The third-order valence-electron chi connectivity index (χ3n) is 5.56. The van der Waals surface area contributed by atoms with Gasteiger partial charge in [-0.2, -0.15) is 9.97 Å². The number of carboxylic acid groups (broad SMARTS) is 1. The molecule has 16 nitrogen and oxygen atoms in total. The lowest BCUT2D eigenvalue weighted by Crippen LogP contribution is -2.41.